The lowest BCUT2D eigenvalue weighted by Crippen LogP contribution is -2.45. The first kappa shape index (κ1) is 31.1. The zero-order chi connectivity index (χ0) is 29.9. The summed E-state index contributed by atoms with van der Waals surface area (Å²) in [4.78, 5) is 59.6. The van der Waals surface area contributed by atoms with Crippen LogP contribution in [0.3, 0.4) is 0 Å². The van der Waals surface area contributed by atoms with Gasteiger partial charge in [-0.1, -0.05) is 32.1 Å². The molecule has 0 aliphatic heterocycles. The lowest BCUT2D eigenvalue weighted by Gasteiger charge is -2.18. The van der Waals surface area contributed by atoms with E-state index in [4.69, 9.17) is 14.8 Å². The van der Waals surface area contributed by atoms with Gasteiger partial charge in [-0.25, -0.2) is 9.78 Å². The molecule has 0 saturated carbocycles. The van der Waals surface area contributed by atoms with Gasteiger partial charge < -0.3 is 34.9 Å². The molecule has 1 atom stereocenters. The molecule has 1 aromatic carbocycles. The number of carbonyl (C=O) groups is 3. The Hall–Kier alpha value is -4.45. The van der Waals surface area contributed by atoms with Gasteiger partial charge >= 0.3 is 6.09 Å². The highest BCUT2D eigenvalue weighted by atomic mass is 16.6. The van der Waals surface area contributed by atoms with Gasteiger partial charge in [-0.2, -0.15) is 0 Å². The van der Waals surface area contributed by atoms with E-state index in [1.165, 1.54) is 21.6 Å². The molecule has 0 spiro atoms. The van der Waals surface area contributed by atoms with Gasteiger partial charge in [-0.05, 0) is 55.0 Å². The fourth-order valence-electron chi connectivity index (χ4n) is 4.15. The minimum atomic E-state index is -1.07. The highest BCUT2D eigenvalue weighted by molar-refractivity contribution is 5.96. The van der Waals surface area contributed by atoms with Crippen LogP contribution in [0.15, 0.2) is 53.5 Å². The molecule has 0 radical (unpaired) electrons. The number of hydrogen-bond donors (Lipinski definition) is 4. The molecule has 2 aromatic heterocycles. The minimum Gasteiger partial charge on any atom is -0.447 e. The van der Waals surface area contributed by atoms with Crippen molar-refractivity contribution in [1.82, 2.24) is 24.8 Å². The number of aromatic amines is 1. The molecule has 0 fully saturated rings. The van der Waals surface area contributed by atoms with E-state index in [2.05, 4.69) is 35.5 Å². The number of rotatable bonds is 13. The molecule has 220 valence electrons. The number of hydrogen-bond acceptors (Lipinski definition) is 7. The van der Waals surface area contributed by atoms with Crippen LogP contribution in [0.2, 0.25) is 0 Å². The number of aromatic nitrogens is 3. The average molecular weight is 567 g/mol. The first-order valence-electron chi connectivity index (χ1n) is 13.5. The zero-order valence-corrected chi connectivity index (χ0v) is 23.8. The summed E-state index contributed by atoms with van der Waals surface area (Å²) in [7, 11) is 3.24. The second-order valence-electron chi connectivity index (χ2n) is 10.2. The maximum absolute atomic E-state index is 13.2. The van der Waals surface area contributed by atoms with Gasteiger partial charge in [0.05, 0.1) is 24.2 Å². The van der Waals surface area contributed by atoms with Crippen LogP contribution < -0.4 is 16.2 Å². The van der Waals surface area contributed by atoms with E-state index in [0.29, 0.717) is 18.2 Å². The summed E-state index contributed by atoms with van der Waals surface area (Å²) in [6, 6.07) is 8.02. The van der Waals surface area contributed by atoms with Crippen molar-refractivity contribution in [2.75, 3.05) is 32.6 Å². The number of carbonyl (C=O) groups excluding carboxylic acids is 3. The number of ether oxygens (including phenoxy) is 1. The smallest absolute Gasteiger partial charge is 0.407 e. The molecule has 0 saturated heterocycles. The summed E-state index contributed by atoms with van der Waals surface area (Å²) < 4.78 is 6.26. The highest BCUT2D eigenvalue weighted by Crippen LogP contribution is 2.20. The molecule has 12 heteroatoms. The molecular weight excluding hydrogens is 528 g/mol. The number of amides is 3. The fraction of sp³-hybridized carbons (Fsp3) is 0.414. The number of alkyl carbamates (subject to hydrolysis) is 1. The average Bonchev–Trinajstić information content (AvgIpc) is 3.34. The molecule has 3 rings (SSSR count). The summed E-state index contributed by atoms with van der Waals surface area (Å²) in [5.74, 6) is 0.226. The van der Waals surface area contributed by atoms with Crippen LogP contribution in [-0.2, 0) is 27.3 Å². The van der Waals surface area contributed by atoms with E-state index < -0.39 is 23.6 Å². The van der Waals surface area contributed by atoms with Gasteiger partial charge in [-0.15, -0.1) is 0 Å². The maximum Gasteiger partial charge on any atom is 0.407 e. The number of nitrogens with zero attached hydrogens (tertiary/aromatic N) is 3. The van der Waals surface area contributed by atoms with Gasteiger partial charge in [0.25, 0.3) is 5.56 Å². The normalized spacial score (nSPS) is 12.0. The largest absolute Gasteiger partial charge is 0.447 e. The van der Waals surface area contributed by atoms with E-state index in [-0.39, 0.29) is 37.8 Å². The Morgan fingerprint density at radius 1 is 1.20 bits per heavy atom. The number of fused-ring (bicyclic) bond motifs is 1. The minimum absolute atomic E-state index is 0.0305. The Morgan fingerprint density at radius 2 is 1.98 bits per heavy atom. The first-order valence-corrected chi connectivity index (χ1v) is 13.5. The maximum atomic E-state index is 13.2. The number of aliphatic hydroxyl groups is 1. The van der Waals surface area contributed by atoms with Crippen molar-refractivity contribution in [1.29, 1.82) is 0 Å². The number of likely N-dealkylation sites (N-methyl/N-ethyl adjacent to an activating group) is 1. The second kappa shape index (κ2) is 14.8. The van der Waals surface area contributed by atoms with Gasteiger partial charge in [0, 0.05) is 20.3 Å². The molecule has 0 aliphatic carbocycles. The molecule has 3 aromatic rings. The molecule has 12 nitrogen and oxygen atoms in total. The first-order chi connectivity index (χ1) is 19.6. The van der Waals surface area contributed by atoms with Crippen LogP contribution in [0.1, 0.15) is 38.1 Å². The number of H-pyrrole nitrogens is 1. The van der Waals surface area contributed by atoms with Crippen LogP contribution in [0, 0.1) is 5.92 Å². The molecule has 0 unspecified atom stereocenters. The third kappa shape index (κ3) is 9.04. The predicted octanol–water partition coefficient (Wildman–Crippen LogP) is 2.42. The molecular formula is C29H38N6O6. The van der Waals surface area contributed by atoms with Crippen LogP contribution in [0.4, 0.5) is 10.5 Å². The summed E-state index contributed by atoms with van der Waals surface area (Å²) >= 11 is 0. The number of allylic oxidation sites excluding steroid dienone is 1. The third-order valence-corrected chi connectivity index (χ3v) is 6.13. The fourth-order valence-corrected chi connectivity index (χ4v) is 4.15. The number of anilines is 1. The van der Waals surface area contributed by atoms with Crippen molar-refractivity contribution in [2.24, 2.45) is 5.92 Å². The van der Waals surface area contributed by atoms with E-state index in [9.17, 15) is 19.2 Å². The number of aliphatic hydroxyl groups excluding tert-OH is 1. The Kier molecular flexibility index (Phi) is 11.2. The highest BCUT2D eigenvalue weighted by Gasteiger charge is 2.22. The summed E-state index contributed by atoms with van der Waals surface area (Å²) in [5.41, 5.74) is 2.48. The molecule has 4 N–H and O–H groups in total. The lowest BCUT2D eigenvalue weighted by molar-refractivity contribution is -0.123. The quantitative estimate of drug-likeness (QED) is 0.231. The van der Waals surface area contributed by atoms with Gasteiger partial charge in [-0.3, -0.25) is 14.4 Å². The standard InChI is InChI=1S/C29H38N6O6/c1-19(2)17-20-9-7-11-21-26(20)33-24(30-21)18-35-14-8-12-23(28(35)39)31-27(38)22(32-29(40)41-16-15-36)10-5-6-13-25(37)34(3)4/h6-9,11-14,19,22,36H,5,10,15-18H2,1-4H3,(H,30,33)(H,31,38)(H,32,40)/b13-6+/t22-/m0/s1. The number of nitrogens with one attached hydrogen (secondary N) is 3. The van der Waals surface area contributed by atoms with E-state index in [1.54, 1.807) is 32.4 Å². The Balaban J connectivity index is 1.76. The molecule has 2 heterocycles. The molecule has 41 heavy (non-hydrogen) atoms. The topological polar surface area (TPSA) is 159 Å². The van der Waals surface area contributed by atoms with Gasteiger partial charge in [0.1, 0.15) is 24.2 Å². The SMILES string of the molecule is CC(C)Cc1cccc2[nH]c(Cn3cccc(NC(=O)[C@H](CC/C=C/C(=O)N(C)C)NC(=O)OCCO)c3=O)nc12. The zero-order valence-electron chi connectivity index (χ0n) is 23.8. The summed E-state index contributed by atoms with van der Waals surface area (Å²) in [6.07, 6.45) is 5.00. The van der Waals surface area contributed by atoms with Crippen molar-refractivity contribution in [2.45, 2.75) is 45.7 Å². The summed E-state index contributed by atoms with van der Waals surface area (Å²) in [5, 5.41) is 14.0. The van der Waals surface area contributed by atoms with Crippen LogP contribution in [0.25, 0.3) is 11.0 Å². The summed E-state index contributed by atoms with van der Waals surface area (Å²) in [6.45, 7) is 3.85. The molecule has 0 aliphatic rings. The lowest BCUT2D eigenvalue weighted by atomic mass is 10.0. The van der Waals surface area contributed by atoms with Crippen LogP contribution in [0.5, 0.6) is 0 Å². The van der Waals surface area contributed by atoms with Crippen molar-refractivity contribution >= 4 is 34.6 Å². The van der Waals surface area contributed by atoms with E-state index in [0.717, 1.165) is 23.0 Å². The van der Waals surface area contributed by atoms with Gasteiger partial charge in [0.2, 0.25) is 11.8 Å². The predicted molar refractivity (Wildman–Crippen MR) is 155 cm³/mol. The van der Waals surface area contributed by atoms with Crippen LogP contribution in [-0.4, -0.2) is 75.8 Å². The Labute approximate surface area is 238 Å². The van der Waals surface area contributed by atoms with Crippen molar-refractivity contribution < 1.29 is 24.2 Å². The Bertz CT molecular complexity index is 1440. The van der Waals surface area contributed by atoms with Gasteiger partial charge in [0.15, 0.2) is 0 Å². The van der Waals surface area contributed by atoms with Crippen LogP contribution >= 0.6 is 0 Å². The van der Waals surface area contributed by atoms with E-state index in [1.807, 2.05) is 12.1 Å². The van der Waals surface area contributed by atoms with Crippen molar-refractivity contribution in [3.8, 4) is 0 Å². The number of imidazole rings is 1. The van der Waals surface area contributed by atoms with Crippen molar-refractivity contribution in [3.05, 3.63) is 70.4 Å². The Morgan fingerprint density at radius 3 is 2.68 bits per heavy atom. The second-order valence-corrected chi connectivity index (χ2v) is 10.2. The number of para-hydroxylation sites is 1. The monoisotopic (exact) mass is 566 g/mol. The molecule has 3 amide bonds. The number of benzene rings is 1. The number of pyridine rings is 1. The van der Waals surface area contributed by atoms with E-state index >= 15 is 0 Å². The molecule has 0 bridgehead atoms. The third-order valence-electron chi connectivity index (χ3n) is 6.13. The van der Waals surface area contributed by atoms with Crippen molar-refractivity contribution in [3.63, 3.8) is 0 Å².